The molecule has 7 aliphatic rings. The van der Waals surface area contributed by atoms with Crippen molar-refractivity contribution in [2.45, 2.75) is 374 Å². The number of rotatable bonds is 18. The van der Waals surface area contributed by atoms with Crippen LogP contribution in [0.15, 0.2) is 11.3 Å². The van der Waals surface area contributed by atoms with Crippen molar-refractivity contribution in [1.29, 1.82) is 0 Å². The van der Waals surface area contributed by atoms with Crippen LogP contribution in [0.1, 0.15) is 218 Å². The molecule has 7 aliphatic heterocycles. The molecule has 29 nitrogen and oxygen atoms in total. The fraction of sp³-hybridized carbons (Fsp3) is 0.885. The number of carbonyl (C=O) groups is 7. The van der Waals surface area contributed by atoms with E-state index in [1.807, 2.05) is 48.5 Å². The number of aliphatic hydroxyl groups is 5. The maximum atomic E-state index is 14.2. The minimum Gasteiger partial charge on any atom is -0.489 e. The Labute approximate surface area is 632 Å². The van der Waals surface area contributed by atoms with Gasteiger partial charge in [0.25, 0.3) is 12.9 Å². The standard InChI is InChI=1S/C39H66O15.C39H64O14/c1-14-27-39(12,46)32(43)22(5)29(42)20(3)16-37(10,45)33(54-36-30(51-26(9)41)19(2)15-21(4)49-36)23(6)31(24(7)35(44)52-27)53-28-17-38(11,47-13)34(48-18-40)25(8)50-28;1-14-27-39(12,44)32(42)22(5)29-20(3)16-38(11,53-29)33(52-36-30(49-26(9)41)19(2)15-21(4)47-36)23(6)31(24(7)35(43)50-27)51-28-17-37(10,45-13)34(46-18-40)25(8)48-28/h18-25,27-28,30-34,36,43,45-46H,14-17H2,1-13H3;18-19,21-25,27-28,30-34,36,42,44H,14-17H2,1-13H3/t19?,20-,21?,22+,23?,24?,25?,27?,28?,30-,31?,32-,33-,34+,36?,37+,38-,39-;19?,21?,22-,23?,24?,25?,27?,28?,30+,31?,32+,33+,34-,36?,37+,38-,39+/m10/s1. The molecule has 0 saturated carbocycles. The van der Waals surface area contributed by atoms with Crippen LogP contribution >= 0.6 is 0 Å². The Hall–Kier alpha value is -4.57. The van der Waals surface area contributed by atoms with Crippen LogP contribution in [0, 0.1) is 53.3 Å². The van der Waals surface area contributed by atoms with E-state index in [-0.39, 0.29) is 56.1 Å². The first-order valence-electron chi connectivity index (χ1n) is 38.3. The third-order valence-electron chi connectivity index (χ3n) is 23.9. The lowest BCUT2D eigenvalue weighted by atomic mass is 9.74. The Bertz CT molecular complexity index is 3010. The maximum absolute atomic E-state index is 14.2. The topological polar surface area (TPSA) is 378 Å². The van der Waals surface area contributed by atoms with Crippen LogP contribution in [0.2, 0.25) is 0 Å². The quantitative estimate of drug-likeness (QED) is 0.0501. The molecule has 0 aromatic carbocycles. The van der Waals surface area contributed by atoms with E-state index in [1.165, 1.54) is 55.8 Å². The van der Waals surface area contributed by atoms with Crippen LogP contribution in [0.3, 0.4) is 0 Å². The zero-order valence-electron chi connectivity index (χ0n) is 68.1. The summed E-state index contributed by atoms with van der Waals surface area (Å²) >= 11 is 0. The Morgan fingerprint density at radius 1 is 0.523 bits per heavy atom. The van der Waals surface area contributed by atoms with Crippen molar-refractivity contribution in [3.8, 4) is 0 Å². The van der Waals surface area contributed by atoms with Gasteiger partial charge in [0.2, 0.25) is 0 Å². The molecular formula is C78H130O29. The monoisotopic (exact) mass is 1530 g/mol. The molecule has 5 N–H and O–H groups in total. The number of Topliss-reactive ketones (excluding diaryl/α,β-unsaturated/α-hetero) is 1. The van der Waals surface area contributed by atoms with E-state index in [4.69, 9.17) is 80.5 Å². The van der Waals surface area contributed by atoms with Crippen molar-refractivity contribution in [1.82, 2.24) is 0 Å². The summed E-state index contributed by atoms with van der Waals surface area (Å²) in [6, 6.07) is 0. The number of ketones is 1. The third-order valence-corrected chi connectivity index (χ3v) is 23.9. The molecular weight excluding hydrogens is 1400 g/mol. The molecule has 29 heteroatoms. The van der Waals surface area contributed by atoms with E-state index in [2.05, 4.69) is 0 Å². The summed E-state index contributed by atoms with van der Waals surface area (Å²) in [5.74, 6) is -8.94. The molecule has 0 aliphatic carbocycles. The molecule has 35 atom stereocenters. The first-order valence-corrected chi connectivity index (χ1v) is 38.3. The zero-order chi connectivity index (χ0) is 80.9. The van der Waals surface area contributed by atoms with Crippen LogP contribution in [-0.4, -0.2) is 239 Å². The second kappa shape index (κ2) is 36.9. The molecule has 0 aromatic rings. The Morgan fingerprint density at radius 3 is 1.28 bits per heavy atom. The largest absolute Gasteiger partial charge is 0.489 e. The van der Waals surface area contributed by atoms with Gasteiger partial charge in [-0.2, -0.15) is 0 Å². The zero-order valence-corrected chi connectivity index (χ0v) is 68.1. The van der Waals surface area contributed by atoms with Gasteiger partial charge in [0, 0.05) is 88.8 Å². The first kappa shape index (κ1) is 91.3. The maximum Gasteiger partial charge on any atom is 0.311 e. The summed E-state index contributed by atoms with van der Waals surface area (Å²) in [7, 11) is 2.99. The first-order chi connectivity index (χ1) is 49.6. The smallest absolute Gasteiger partial charge is 0.311 e. The van der Waals surface area contributed by atoms with Gasteiger partial charge in [0.05, 0.1) is 72.4 Å². The fourth-order valence-corrected chi connectivity index (χ4v) is 18.0. The molecule has 18 unspecified atom stereocenters. The van der Waals surface area contributed by atoms with Crippen LogP contribution < -0.4 is 0 Å². The molecule has 0 amide bonds. The van der Waals surface area contributed by atoms with E-state index < -0.39 is 215 Å². The highest BCUT2D eigenvalue weighted by atomic mass is 16.7. The van der Waals surface area contributed by atoms with Gasteiger partial charge in [0.1, 0.15) is 57.9 Å². The third kappa shape index (κ3) is 20.6. The van der Waals surface area contributed by atoms with Gasteiger partial charge in [-0.3, -0.25) is 33.6 Å². The lowest BCUT2D eigenvalue weighted by molar-refractivity contribution is -0.318. The van der Waals surface area contributed by atoms with Gasteiger partial charge >= 0.3 is 23.9 Å². The van der Waals surface area contributed by atoms with Crippen LogP contribution in [0.4, 0.5) is 0 Å². The van der Waals surface area contributed by atoms with Crippen molar-refractivity contribution in [3.05, 3.63) is 11.3 Å². The van der Waals surface area contributed by atoms with Gasteiger partial charge in [-0.15, -0.1) is 0 Å². The van der Waals surface area contributed by atoms with E-state index in [0.717, 1.165) is 5.57 Å². The molecule has 6 fully saturated rings. The number of cyclic esters (lactones) is 2. The minimum absolute atomic E-state index is 0.0659. The van der Waals surface area contributed by atoms with Gasteiger partial charge in [-0.05, 0) is 128 Å². The SMILES string of the molecule is CCC1OC(=O)C(C)C(OC2C[C@@](C)(OC)[C@@H](OC=O)C(C)O2)C(C)[C@@H](OC2OC(C)CC(C)[C@H]2OC(C)=O)[C@@](C)(O)C[C@@H](C)C(=O)[C@H](C)[C@@H](O)[C@]1(C)O.CCC1OC(=O)C(C)C(OC2C[C@@](C)(OC)[C@@H](OC=O)C(C)O2)C(C)[C@@H](OC2OC(C)CC(C)[C@H]2OC(C)=O)[C@]2(C)CC(C)=C(O2)[C@H](C)[C@@H](O)[C@]1(C)O. The highest BCUT2D eigenvalue weighted by molar-refractivity contribution is 5.83. The summed E-state index contributed by atoms with van der Waals surface area (Å²) in [6.07, 6.45) is -16.6. The molecule has 7 rings (SSSR count). The fourth-order valence-electron chi connectivity index (χ4n) is 18.0. The van der Waals surface area contributed by atoms with E-state index >= 15 is 0 Å². The predicted molar refractivity (Wildman–Crippen MR) is 382 cm³/mol. The number of methoxy groups -OCH3 is 2. The molecule has 107 heavy (non-hydrogen) atoms. The van der Waals surface area contributed by atoms with Gasteiger partial charge in [0.15, 0.2) is 49.6 Å². The lowest BCUT2D eigenvalue weighted by Crippen LogP contribution is -2.60. The molecule has 2 bridgehead atoms. The number of esters is 4. The van der Waals surface area contributed by atoms with Crippen molar-refractivity contribution >= 4 is 42.6 Å². The minimum atomic E-state index is -2.02. The van der Waals surface area contributed by atoms with E-state index in [0.29, 0.717) is 38.0 Å². The van der Waals surface area contributed by atoms with Gasteiger partial charge in [-0.1, -0.05) is 62.3 Å². The van der Waals surface area contributed by atoms with Crippen LogP contribution in [-0.2, 0) is 114 Å². The van der Waals surface area contributed by atoms with Crippen LogP contribution in [0.5, 0.6) is 0 Å². The van der Waals surface area contributed by atoms with Crippen LogP contribution in [0.25, 0.3) is 0 Å². The van der Waals surface area contributed by atoms with Crippen molar-refractivity contribution < 1.29 is 140 Å². The summed E-state index contributed by atoms with van der Waals surface area (Å²) in [5, 5.41) is 58.9. The second-order valence-electron chi connectivity index (χ2n) is 33.3. The Balaban J connectivity index is 0.000000335. The molecule has 6 saturated heterocycles. The second-order valence-corrected chi connectivity index (χ2v) is 33.3. The molecule has 7 heterocycles. The van der Waals surface area contributed by atoms with Gasteiger partial charge in [-0.25, -0.2) is 0 Å². The Morgan fingerprint density at radius 2 is 0.907 bits per heavy atom. The average Bonchev–Trinajstić information content (AvgIpc) is 1.08. The summed E-state index contributed by atoms with van der Waals surface area (Å²) in [4.78, 5) is 89.6. The van der Waals surface area contributed by atoms with Gasteiger partial charge < -0.3 is 106 Å². The molecule has 0 radical (unpaired) electrons. The predicted octanol–water partition coefficient (Wildman–Crippen LogP) is 7.59. The van der Waals surface area contributed by atoms with Crippen molar-refractivity contribution in [2.75, 3.05) is 14.2 Å². The molecule has 0 aromatic heterocycles. The van der Waals surface area contributed by atoms with Crippen molar-refractivity contribution in [2.24, 2.45) is 53.3 Å². The number of ether oxygens (including phenoxy) is 17. The van der Waals surface area contributed by atoms with E-state index in [9.17, 15) is 59.1 Å². The number of fused-ring (bicyclic) bond motifs is 2. The average molecular weight is 1530 g/mol. The number of aliphatic hydroxyl groups excluding tert-OH is 2. The highest BCUT2D eigenvalue weighted by Crippen LogP contribution is 2.49. The Kier molecular flexibility index (Phi) is 31.5. The lowest BCUT2D eigenvalue weighted by Gasteiger charge is -2.49. The number of carbonyl (C=O) groups excluding carboxylic acids is 7. The van der Waals surface area contributed by atoms with Crippen molar-refractivity contribution in [3.63, 3.8) is 0 Å². The molecule has 616 valence electrons. The van der Waals surface area contributed by atoms with E-state index in [1.54, 1.807) is 76.2 Å². The number of hydrogen-bond donors (Lipinski definition) is 5. The summed E-state index contributed by atoms with van der Waals surface area (Å²) in [6.45, 7) is 41.3. The number of hydrogen-bond acceptors (Lipinski definition) is 29. The molecule has 0 spiro atoms. The highest BCUT2D eigenvalue weighted by Gasteiger charge is 2.59. The normalized spacial score (nSPS) is 47.1. The summed E-state index contributed by atoms with van der Waals surface area (Å²) < 4.78 is 105. The summed E-state index contributed by atoms with van der Waals surface area (Å²) in [5.41, 5.74) is -8.01.